The molecule has 104 valence electrons. The minimum Gasteiger partial charge on any atom is -0.497 e. The third kappa shape index (κ3) is 2.76. The van der Waals surface area contributed by atoms with E-state index in [9.17, 15) is 13.6 Å². The van der Waals surface area contributed by atoms with Crippen LogP contribution < -0.4 is 4.74 Å². The highest BCUT2D eigenvalue weighted by atomic mass is 35.5. The summed E-state index contributed by atoms with van der Waals surface area (Å²) in [5, 5.41) is 0.347. The molecule has 0 aromatic heterocycles. The molecule has 0 bridgehead atoms. The molecule has 0 heterocycles. The van der Waals surface area contributed by atoms with E-state index >= 15 is 0 Å². The fraction of sp³-hybridized carbons (Fsp3) is 0.0714. The van der Waals surface area contributed by atoms with E-state index in [2.05, 4.69) is 0 Å². The Hall–Kier alpha value is -1.65. The molecule has 2 aromatic rings. The van der Waals surface area contributed by atoms with E-state index in [-0.39, 0.29) is 16.3 Å². The highest BCUT2D eigenvalue weighted by Crippen LogP contribution is 2.27. The van der Waals surface area contributed by atoms with Gasteiger partial charge in [-0.15, -0.1) is 0 Å². The second-order valence-corrected chi connectivity index (χ2v) is 4.76. The molecule has 0 saturated carbocycles. The van der Waals surface area contributed by atoms with Crippen molar-refractivity contribution in [2.45, 2.75) is 0 Å². The molecule has 0 aliphatic rings. The Kier molecular flexibility index (Phi) is 4.26. The maximum absolute atomic E-state index is 13.8. The number of hydrogen-bond acceptors (Lipinski definition) is 2. The lowest BCUT2D eigenvalue weighted by atomic mass is 10.0. The van der Waals surface area contributed by atoms with E-state index in [4.69, 9.17) is 27.9 Å². The first-order valence-electron chi connectivity index (χ1n) is 5.47. The molecular formula is C14H8Cl2F2O2. The minimum absolute atomic E-state index is 0.0150. The predicted molar refractivity (Wildman–Crippen MR) is 72.8 cm³/mol. The van der Waals surface area contributed by atoms with Crippen LogP contribution in [0.25, 0.3) is 0 Å². The summed E-state index contributed by atoms with van der Waals surface area (Å²) < 4.78 is 32.4. The number of carbonyl (C=O) groups excluding carboxylic acids is 1. The van der Waals surface area contributed by atoms with Gasteiger partial charge in [-0.25, -0.2) is 8.78 Å². The van der Waals surface area contributed by atoms with Crippen molar-refractivity contribution >= 4 is 29.0 Å². The summed E-state index contributed by atoms with van der Waals surface area (Å²) in [6, 6.07) is 5.92. The molecule has 0 amide bonds. The molecule has 0 aliphatic carbocycles. The van der Waals surface area contributed by atoms with Gasteiger partial charge in [0.15, 0.2) is 5.78 Å². The van der Waals surface area contributed by atoms with Gasteiger partial charge < -0.3 is 4.74 Å². The lowest BCUT2D eigenvalue weighted by molar-refractivity contribution is 0.103. The zero-order valence-corrected chi connectivity index (χ0v) is 11.7. The Morgan fingerprint density at radius 2 is 1.70 bits per heavy atom. The van der Waals surface area contributed by atoms with E-state index in [1.807, 2.05) is 0 Å². The number of ketones is 1. The minimum atomic E-state index is -1.02. The second kappa shape index (κ2) is 5.77. The first-order valence-corrected chi connectivity index (χ1v) is 6.22. The summed E-state index contributed by atoms with van der Waals surface area (Å²) in [6.07, 6.45) is 0. The van der Waals surface area contributed by atoms with Crippen molar-refractivity contribution in [1.82, 2.24) is 0 Å². The molecule has 0 N–H and O–H groups in total. The molecule has 0 saturated heterocycles. The van der Waals surface area contributed by atoms with Crippen LogP contribution in [-0.2, 0) is 0 Å². The average molecular weight is 317 g/mol. The van der Waals surface area contributed by atoms with Crippen LogP contribution in [0.5, 0.6) is 5.75 Å². The summed E-state index contributed by atoms with van der Waals surface area (Å²) in [7, 11) is 1.27. The smallest absolute Gasteiger partial charge is 0.200 e. The monoisotopic (exact) mass is 316 g/mol. The van der Waals surface area contributed by atoms with Crippen molar-refractivity contribution in [2.24, 2.45) is 0 Å². The lowest BCUT2D eigenvalue weighted by Gasteiger charge is -2.08. The van der Waals surface area contributed by atoms with Crippen LogP contribution in [0.1, 0.15) is 15.9 Å². The number of halogens is 4. The average Bonchev–Trinajstić information content (AvgIpc) is 2.37. The molecule has 0 radical (unpaired) electrons. The van der Waals surface area contributed by atoms with Crippen molar-refractivity contribution < 1.29 is 18.3 Å². The standard InChI is InChI=1S/C14H8Cl2F2O2/c1-20-8-5-11(17)13(12(18)6-8)14(19)9-3-2-7(15)4-10(9)16/h2-6H,1H3. The van der Waals surface area contributed by atoms with Crippen molar-refractivity contribution in [2.75, 3.05) is 7.11 Å². The maximum Gasteiger partial charge on any atom is 0.200 e. The summed E-state index contributed by atoms with van der Waals surface area (Å²) in [5.41, 5.74) is -0.714. The Balaban J connectivity index is 2.54. The molecule has 0 unspecified atom stereocenters. The fourth-order valence-corrected chi connectivity index (χ4v) is 2.19. The number of carbonyl (C=O) groups is 1. The summed E-state index contributed by atoms with van der Waals surface area (Å²) in [5.74, 6) is -2.90. The highest BCUT2D eigenvalue weighted by molar-refractivity contribution is 6.37. The first kappa shape index (κ1) is 14.8. The maximum atomic E-state index is 13.8. The normalized spacial score (nSPS) is 10.4. The number of hydrogen-bond donors (Lipinski definition) is 0. The number of benzene rings is 2. The Bertz CT molecular complexity index is 664. The molecule has 0 atom stereocenters. The molecule has 2 nitrogen and oxygen atoms in total. The van der Waals surface area contributed by atoms with Gasteiger partial charge in [-0.3, -0.25) is 4.79 Å². The number of rotatable bonds is 3. The van der Waals surface area contributed by atoms with Gasteiger partial charge in [0, 0.05) is 22.7 Å². The van der Waals surface area contributed by atoms with E-state index in [1.165, 1.54) is 25.3 Å². The highest BCUT2D eigenvalue weighted by Gasteiger charge is 2.22. The molecule has 20 heavy (non-hydrogen) atoms. The van der Waals surface area contributed by atoms with E-state index < -0.39 is 23.0 Å². The molecular weight excluding hydrogens is 309 g/mol. The van der Waals surface area contributed by atoms with Gasteiger partial charge in [0.2, 0.25) is 0 Å². The molecule has 0 fully saturated rings. The third-order valence-corrected chi connectivity index (χ3v) is 3.20. The zero-order valence-electron chi connectivity index (χ0n) is 10.2. The SMILES string of the molecule is COc1cc(F)c(C(=O)c2ccc(Cl)cc2Cl)c(F)c1. The van der Waals surface area contributed by atoms with Gasteiger partial charge in [-0.1, -0.05) is 23.2 Å². The van der Waals surface area contributed by atoms with Crippen LogP contribution in [0.3, 0.4) is 0 Å². The topological polar surface area (TPSA) is 26.3 Å². The number of ether oxygens (including phenoxy) is 1. The van der Waals surface area contributed by atoms with Crippen LogP contribution in [-0.4, -0.2) is 12.9 Å². The van der Waals surface area contributed by atoms with Crippen LogP contribution in [0.2, 0.25) is 10.0 Å². The van der Waals surface area contributed by atoms with Gasteiger partial charge in [-0.05, 0) is 18.2 Å². The summed E-state index contributed by atoms with van der Waals surface area (Å²) in [6.45, 7) is 0. The zero-order chi connectivity index (χ0) is 14.9. The fourth-order valence-electron chi connectivity index (χ4n) is 1.69. The van der Waals surface area contributed by atoms with Crippen LogP contribution in [0.4, 0.5) is 8.78 Å². The van der Waals surface area contributed by atoms with Crippen LogP contribution in [0.15, 0.2) is 30.3 Å². The molecule has 2 aromatic carbocycles. The largest absolute Gasteiger partial charge is 0.497 e. The number of methoxy groups -OCH3 is 1. The van der Waals surface area contributed by atoms with Crippen LogP contribution >= 0.6 is 23.2 Å². The predicted octanol–water partition coefficient (Wildman–Crippen LogP) is 4.51. The second-order valence-electron chi connectivity index (χ2n) is 3.92. The summed E-state index contributed by atoms with van der Waals surface area (Å²) >= 11 is 11.6. The van der Waals surface area contributed by atoms with E-state index in [1.54, 1.807) is 0 Å². The van der Waals surface area contributed by atoms with Gasteiger partial charge >= 0.3 is 0 Å². The van der Waals surface area contributed by atoms with Crippen molar-refractivity contribution in [1.29, 1.82) is 0 Å². The van der Waals surface area contributed by atoms with Gasteiger partial charge in [0.05, 0.1) is 17.7 Å². The Morgan fingerprint density at radius 3 is 2.20 bits per heavy atom. The van der Waals surface area contributed by atoms with Gasteiger partial charge in [-0.2, -0.15) is 0 Å². The molecule has 2 rings (SSSR count). The lowest BCUT2D eigenvalue weighted by Crippen LogP contribution is -2.08. The molecule has 6 heteroatoms. The molecule has 0 spiro atoms. The van der Waals surface area contributed by atoms with E-state index in [0.717, 1.165) is 12.1 Å². The Morgan fingerprint density at radius 1 is 1.10 bits per heavy atom. The van der Waals surface area contributed by atoms with Gasteiger partial charge in [0.25, 0.3) is 0 Å². The van der Waals surface area contributed by atoms with Crippen LogP contribution in [0, 0.1) is 11.6 Å². The Labute approximate surface area is 123 Å². The molecule has 0 aliphatic heterocycles. The third-order valence-electron chi connectivity index (χ3n) is 2.65. The first-order chi connectivity index (χ1) is 9.43. The van der Waals surface area contributed by atoms with Crippen molar-refractivity contribution in [3.05, 3.63) is 63.1 Å². The van der Waals surface area contributed by atoms with Gasteiger partial charge in [0.1, 0.15) is 17.4 Å². The quantitative estimate of drug-likeness (QED) is 0.779. The summed E-state index contributed by atoms with van der Waals surface area (Å²) in [4.78, 5) is 12.2. The van der Waals surface area contributed by atoms with Crippen molar-refractivity contribution in [3.8, 4) is 5.75 Å². The van der Waals surface area contributed by atoms with Crippen molar-refractivity contribution in [3.63, 3.8) is 0 Å². The van der Waals surface area contributed by atoms with E-state index in [0.29, 0.717) is 5.02 Å².